The minimum atomic E-state index is -1.03. The quantitative estimate of drug-likeness (QED) is 0.0647. The van der Waals surface area contributed by atoms with Crippen LogP contribution in [0.4, 0.5) is 0 Å². The summed E-state index contributed by atoms with van der Waals surface area (Å²) in [4.78, 5) is 45.8. The molecular weight excluding hydrogens is 584 g/mol. The molecule has 0 aliphatic carbocycles. The van der Waals surface area contributed by atoms with Gasteiger partial charge in [0.1, 0.15) is 5.75 Å². The van der Waals surface area contributed by atoms with Gasteiger partial charge in [0.05, 0.1) is 36.7 Å². The van der Waals surface area contributed by atoms with Gasteiger partial charge in [-0.3, -0.25) is 0 Å². The van der Waals surface area contributed by atoms with Crippen LogP contribution in [-0.2, 0) is 14.3 Å². The Morgan fingerprint density at radius 3 is 1.78 bits per heavy atom. The second-order valence-electron chi connectivity index (χ2n) is 11.3. The minimum Gasteiger partial charge on any atom is -0.490 e. The Hall–Kier alpha value is -4.27. The molecule has 9 nitrogen and oxygen atoms in total. The van der Waals surface area contributed by atoms with Gasteiger partial charge in [0, 0.05) is 5.56 Å². The third kappa shape index (κ3) is 13.0. The monoisotopic (exact) mass is 632 g/mol. The number of hydrogen-bond acceptors (Lipinski definition) is 9. The third-order valence-electron chi connectivity index (χ3n) is 7.43. The molecule has 0 N–H and O–H groups in total. The summed E-state index contributed by atoms with van der Waals surface area (Å²) in [6, 6.07) is 12.7. The van der Waals surface area contributed by atoms with Crippen LogP contribution >= 0.6 is 0 Å². The number of ether oxygens (including phenoxy) is 4. The lowest BCUT2D eigenvalue weighted by Gasteiger charge is -2.13. The molecule has 1 atom stereocenters. The molecule has 0 radical (unpaired) electrons. The van der Waals surface area contributed by atoms with E-state index in [9.17, 15) is 14.4 Å². The first-order valence-corrected chi connectivity index (χ1v) is 16.7. The highest BCUT2D eigenvalue weighted by Gasteiger charge is 2.20. The second-order valence-corrected chi connectivity index (χ2v) is 11.3. The fourth-order valence-electron chi connectivity index (χ4n) is 4.61. The highest BCUT2D eigenvalue weighted by Crippen LogP contribution is 2.20. The predicted molar refractivity (Wildman–Crippen MR) is 177 cm³/mol. The third-order valence-corrected chi connectivity index (χ3v) is 7.43. The molecule has 3 aromatic rings. The minimum absolute atomic E-state index is 0.215. The van der Waals surface area contributed by atoms with E-state index in [1.165, 1.54) is 89.0 Å². The molecule has 1 aromatic heterocycles. The Bertz CT molecular complexity index is 1330. The summed E-state index contributed by atoms with van der Waals surface area (Å²) in [5.74, 6) is -0.401. The number of benzene rings is 2. The molecule has 248 valence electrons. The van der Waals surface area contributed by atoms with Gasteiger partial charge in [-0.15, -0.1) is 0 Å². The van der Waals surface area contributed by atoms with Gasteiger partial charge in [-0.05, 0) is 56.2 Å². The smallest absolute Gasteiger partial charge is 0.347 e. The van der Waals surface area contributed by atoms with Crippen molar-refractivity contribution in [1.82, 2.24) is 9.97 Å². The molecule has 1 heterocycles. The molecule has 3 rings (SSSR count). The van der Waals surface area contributed by atoms with E-state index in [2.05, 4.69) is 16.9 Å². The van der Waals surface area contributed by atoms with E-state index in [0.29, 0.717) is 23.7 Å². The summed E-state index contributed by atoms with van der Waals surface area (Å²) in [5, 5.41) is 0. The zero-order valence-corrected chi connectivity index (χ0v) is 27.5. The summed E-state index contributed by atoms with van der Waals surface area (Å²) in [6.07, 6.45) is 16.7. The van der Waals surface area contributed by atoms with E-state index in [-0.39, 0.29) is 17.9 Å². The van der Waals surface area contributed by atoms with E-state index in [4.69, 9.17) is 18.9 Å². The van der Waals surface area contributed by atoms with Crippen LogP contribution in [0.15, 0.2) is 60.9 Å². The normalized spacial score (nSPS) is 11.5. The summed E-state index contributed by atoms with van der Waals surface area (Å²) in [7, 11) is 0. The number of aromatic nitrogens is 2. The van der Waals surface area contributed by atoms with Crippen molar-refractivity contribution >= 4 is 17.9 Å². The van der Waals surface area contributed by atoms with Crippen molar-refractivity contribution in [2.45, 2.75) is 104 Å². The molecule has 0 saturated carbocycles. The average molecular weight is 633 g/mol. The van der Waals surface area contributed by atoms with Crippen LogP contribution in [0.25, 0.3) is 11.4 Å². The van der Waals surface area contributed by atoms with E-state index >= 15 is 0 Å². The zero-order chi connectivity index (χ0) is 33.0. The van der Waals surface area contributed by atoms with Crippen molar-refractivity contribution < 1.29 is 33.3 Å². The highest BCUT2D eigenvalue weighted by atomic mass is 16.6. The molecule has 0 bridgehead atoms. The van der Waals surface area contributed by atoms with Crippen LogP contribution in [0, 0.1) is 0 Å². The Morgan fingerprint density at radius 2 is 1.17 bits per heavy atom. The molecule has 0 saturated heterocycles. The van der Waals surface area contributed by atoms with Crippen LogP contribution in [0.5, 0.6) is 11.5 Å². The average Bonchev–Trinajstić information content (AvgIpc) is 3.08. The maximum atomic E-state index is 12.7. The number of hydrogen-bond donors (Lipinski definition) is 0. The zero-order valence-electron chi connectivity index (χ0n) is 27.5. The summed E-state index contributed by atoms with van der Waals surface area (Å²) in [6.45, 7) is 6.63. The standard InChI is InChI=1S/C37H48N2O7/c1-4-6-8-9-10-11-12-13-14-15-25-43-33-26-38-34(39-27-33)29-16-18-30(19-17-29)37(42)46-32-22-20-31(21-23-32)36(41)45-28(3)35(40)44-24-7-5-2/h16-23,26-28H,4-15,24-25H2,1-3H3/t28-/m0/s1. The van der Waals surface area contributed by atoms with Gasteiger partial charge < -0.3 is 18.9 Å². The number of rotatable bonds is 21. The molecule has 46 heavy (non-hydrogen) atoms. The lowest BCUT2D eigenvalue weighted by molar-refractivity contribution is -0.153. The first-order chi connectivity index (χ1) is 22.4. The van der Waals surface area contributed by atoms with Crippen molar-refractivity contribution in [3.8, 4) is 22.9 Å². The number of unbranched alkanes of at least 4 members (excludes halogenated alkanes) is 10. The van der Waals surface area contributed by atoms with Gasteiger partial charge in [-0.2, -0.15) is 0 Å². The van der Waals surface area contributed by atoms with Gasteiger partial charge in [0.25, 0.3) is 0 Å². The van der Waals surface area contributed by atoms with Crippen molar-refractivity contribution in [3.63, 3.8) is 0 Å². The Labute approximate surface area is 273 Å². The van der Waals surface area contributed by atoms with Crippen LogP contribution < -0.4 is 9.47 Å². The highest BCUT2D eigenvalue weighted by molar-refractivity contribution is 5.93. The summed E-state index contributed by atoms with van der Waals surface area (Å²) >= 11 is 0. The fraction of sp³-hybridized carbons (Fsp3) is 0.486. The molecule has 0 fully saturated rings. The van der Waals surface area contributed by atoms with E-state index < -0.39 is 24.0 Å². The second kappa shape index (κ2) is 20.7. The van der Waals surface area contributed by atoms with E-state index in [0.717, 1.165) is 24.8 Å². The first kappa shape index (κ1) is 36.2. The van der Waals surface area contributed by atoms with Crippen molar-refractivity contribution in [1.29, 1.82) is 0 Å². The number of carbonyl (C=O) groups excluding carboxylic acids is 3. The van der Waals surface area contributed by atoms with Crippen molar-refractivity contribution in [2.75, 3.05) is 13.2 Å². The topological polar surface area (TPSA) is 114 Å². The van der Waals surface area contributed by atoms with Crippen LogP contribution in [0.3, 0.4) is 0 Å². The van der Waals surface area contributed by atoms with E-state index in [1.807, 2.05) is 6.92 Å². The Morgan fingerprint density at radius 1 is 0.630 bits per heavy atom. The molecule has 0 unspecified atom stereocenters. The van der Waals surface area contributed by atoms with E-state index in [1.54, 1.807) is 36.7 Å². The predicted octanol–water partition coefficient (Wildman–Crippen LogP) is 8.55. The molecule has 0 aliphatic rings. The molecule has 9 heteroatoms. The molecule has 0 aliphatic heterocycles. The van der Waals surface area contributed by atoms with Gasteiger partial charge in [-0.1, -0.05) is 90.2 Å². The first-order valence-electron chi connectivity index (χ1n) is 16.7. The van der Waals surface area contributed by atoms with Gasteiger partial charge >= 0.3 is 17.9 Å². The van der Waals surface area contributed by atoms with Crippen LogP contribution in [0.2, 0.25) is 0 Å². The maximum absolute atomic E-state index is 12.7. The van der Waals surface area contributed by atoms with Crippen LogP contribution in [0.1, 0.15) is 119 Å². The summed E-state index contributed by atoms with van der Waals surface area (Å²) in [5.41, 5.74) is 1.32. The molecular formula is C37H48N2O7. The fourth-order valence-corrected chi connectivity index (χ4v) is 4.61. The van der Waals surface area contributed by atoms with Crippen molar-refractivity contribution in [3.05, 3.63) is 72.1 Å². The molecule has 0 spiro atoms. The van der Waals surface area contributed by atoms with Gasteiger partial charge in [0.2, 0.25) is 0 Å². The van der Waals surface area contributed by atoms with Crippen molar-refractivity contribution in [2.24, 2.45) is 0 Å². The maximum Gasteiger partial charge on any atom is 0.347 e. The lowest BCUT2D eigenvalue weighted by Crippen LogP contribution is -2.26. The van der Waals surface area contributed by atoms with Gasteiger partial charge in [0.15, 0.2) is 17.7 Å². The largest absolute Gasteiger partial charge is 0.490 e. The molecule has 2 aromatic carbocycles. The lowest BCUT2D eigenvalue weighted by atomic mass is 10.1. The Balaban J connectivity index is 1.38. The summed E-state index contributed by atoms with van der Waals surface area (Å²) < 4.78 is 21.5. The SMILES string of the molecule is CCCCCCCCCCCCOc1cnc(-c2ccc(C(=O)Oc3ccc(C(=O)O[C@@H](C)C(=O)OCCCC)cc3)cc2)nc1. The van der Waals surface area contributed by atoms with Crippen LogP contribution in [-0.4, -0.2) is 47.2 Å². The number of carbonyl (C=O) groups is 3. The Kier molecular flexibility index (Phi) is 16.3. The van der Waals surface area contributed by atoms with Gasteiger partial charge in [-0.25, -0.2) is 24.4 Å². The molecule has 0 amide bonds. The number of nitrogens with zero attached hydrogens (tertiary/aromatic N) is 2. The number of esters is 3.